The zero-order valence-corrected chi connectivity index (χ0v) is 17.9. The van der Waals surface area contributed by atoms with Crippen molar-refractivity contribution in [3.05, 3.63) is 65.2 Å². The fraction of sp³-hybridized carbons (Fsp3) is 0.435. The van der Waals surface area contributed by atoms with Gasteiger partial charge in [0, 0.05) is 24.8 Å². The van der Waals surface area contributed by atoms with Crippen LogP contribution < -0.4 is 15.8 Å². The molecular formula is C23H31ClN2O3. The summed E-state index contributed by atoms with van der Waals surface area (Å²) < 4.78 is 11.3. The van der Waals surface area contributed by atoms with Gasteiger partial charge in [0.1, 0.15) is 12.4 Å². The minimum atomic E-state index is -0.237. The van der Waals surface area contributed by atoms with E-state index in [4.69, 9.17) is 15.2 Å². The summed E-state index contributed by atoms with van der Waals surface area (Å²) in [4.78, 5) is 12.4. The Labute approximate surface area is 179 Å². The van der Waals surface area contributed by atoms with Gasteiger partial charge in [0.25, 0.3) is 5.91 Å². The van der Waals surface area contributed by atoms with Crippen molar-refractivity contribution in [3.8, 4) is 5.75 Å². The summed E-state index contributed by atoms with van der Waals surface area (Å²) in [7, 11) is 0. The van der Waals surface area contributed by atoms with E-state index >= 15 is 0 Å². The molecule has 2 aromatic carbocycles. The van der Waals surface area contributed by atoms with E-state index in [9.17, 15) is 4.79 Å². The van der Waals surface area contributed by atoms with Crippen LogP contribution in [-0.2, 0) is 4.74 Å². The number of hydrogen-bond acceptors (Lipinski definition) is 4. The Hall–Kier alpha value is -2.08. The van der Waals surface area contributed by atoms with Crippen LogP contribution in [-0.4, -0.2) is 31.8 Å². The molecule has 0 aromatic heterocycles. The third kappa shape index (κ3) is 6.74. The highest BCUT2D eigenvalue weighted by molar-refractivity contribution is 5.94. The Bertz CT molecular complexity index is 757. The predicted octanol–water partition coefficient (Wildman–Crippen LogP) is 4.22. The van der Waals surface area contributed by atoms with Crippen LogP contribution in [0.15, 0.2) is 48.5 Å². The van der Waals surface area contributed by atoms with Gasteiger partial charge < -0.3 is 20.5 Å². The van der Waals surface area contributed by atoms with Crippen molar-refractivity contribution in [2.24, 2.45) is 5.73 Å². The van der Waals surface area contributed by atoms with Crippen LogP contribution in [0.4, 0.5) is 0 Å². The molecule has 29 heavy (non-hydrogen) atoms. The number of rotatable bonds is 8. The number of hydrogen-bond donors (Lipinski definition) is 2. The van der Waals surface area contributed by atoms with Crippen molar-refractivity contribution in [1.82, 2.24) is 5.32 Å². The quantitative estimate of drug-likeness (QED) is 0.673. The topological polar surface area (TPSA) is 73.6 Å². The molecule has 1 saturated heterocycles. The molecule has 3 N–H and O–H groups in total. The summed E-state index contributed by atoms with van der Waals surface area (Å²) in [6.07, 6.45) is 2.32. The Balaban J connectivity index is 0.00000300. The van der Waals surface area contributed by atoms with Crippen molar-refractivity contribution in [1.29, 1.82) is 0 Å². The zero-order valence-electron chi connectivity index (χ0n) is 17.1. The van der Waals surface area contributed by atoms with E-state index in [-0.39, 0.29) is 30.5 Å². The number of ether oxygens (including phenoxy) is 2. The van der Waals surface area contributed by atoms with Gasteiger partial charge in [-0.25, -0.2) is 0 Å². The standard InChI is InChI=1S/C23H30N2O3.ClH/c1-16(2)17-5-7-18(8-6-17)22(24)14-25-23(26)19-9-11-20(12-10-19)28-15-21-4-3-13-27-21;/h5-12,16,21-22H,3-4,13-15,24H2,1-2H3,(H,25,26);1H. The Morgan fingerprint density at radius 2 is 1.79 bits per heavy atom. The molecule has 0 saturated carbocycles. The molecule has 1 aliphatic heterocycles. The largest absolute Gasteiger partial charge is 0.491 e. The smallest absolute Gasteiger partial charge is 0.251 e. The maximum absolute atomic E-state index is 12.4. The second-order valence-corrected chi connectivity index (χ2v) is 7.61. The molecule has 0 radical (unpaired) electrons. The third-order valence-electron chi connectivity index (χ3n) is 5.09. The molecule has 158 valence electrons. The van der Waals surface area contributed by atoms with E-state index in [0.29, 0.717) is 24.6 Å². The number of halogens is 1. The van der Waals surface area contributed by atoms with Crippen molar-refractivity contribution in [2.75, 3.05) is 19.8 Å². The van der Waals surface area contributed by atoms with Gasteiger partial charge in [0.15, 0.2) is 0 Å². The highest BCUT2D eigenvalue weighted by Gasteiger charge is 2.16. The van der Waals surface area contributed by atoms with Gasteiger partial charge in [0.2, 0.25) is 0 Å². The van der Waals surface area contributed by atoms with Gasteiger partial charge in [-0.05, 0) is 54.2 Å². The fourth-order valence-electron chi connectivity index (χ4n) is 3.22. The first-order valence-corrected chi connectivity index (χ1v) is 10.0. The van der Waals surface area contributed by atoms with Gasteiger partial charge in [-0.15, -0.1) is 12.4 Å². The highest BCUT2D eigenvalue weighted by Crippen LogP contribution is 2.18. The lowest BCUT2D eigenvalue weighted by atomic mass is 9.99. The number of benzene rings is 2. The monoisotopic (exact) mass is 418 g/mol. The molecule has 6 heteroatoms. The van der Waals surface area contributed by atoms with Gasteiger partial charge in [-0.1, -0.05) is 38.1 Å². The molecule has 1 aliphatic rings. The maximum Gasteiger partial charge on any atom is 0.251 e. The van der Waals surface area contributed by atoms with Crippen molar-refractivity contribution in [2.45, 2.75) is 44.8 Å². The third-order valence-corrected chi connectivity index (χ3v) is 5.09. The van der Waals surface area contributed by atoms with Crippen LogP contribution >= 0.6 is 12.4 Å². The molecule has 1 heterocycles. The molecule has 0 aliphatic carbocycles. The highest BCUT2D eigenvalue weighted by atomic mass is 35.5. The minimum Gasteiger partial charge on any atom is -0.491 e. The van der Waals surface area contributed by atoms with E-state index in [1.165, 1.54) is 5.56 Å². The Kier molecular flexibility index (Phi) is 8.96. The zero-order chi connectivity index (χ0) is 19.9. The van der Waals surface area contributed by atoms with E-state index in [1.807, 2.05) is 24.3 Å². The first-order valence-electron chi connectivity index (χ1n) is 10.0. The average molecular weight is 419 g/mol. The van der Waals surface area contributed by atoms with Crippen LogP contribution in [0.3, 0.4) is 0 Å². The lowest BCUT2D eigenvalue weighted by Gasteiger charge is -2.15. The summed E-state index contributed by atoms with van der Waals surface area (Å²) in [5, 5.41) is 2.91. The summed E-state index contributed by atoms with van der Waals surface area (Å²) in [6, 6.07) is 15.2. The molecular weight excluding hydrogens is 388 g/mol. The van der Waals surface area contributed by atoms with Crippen LogP contribution in [0.2, 0.25) is 0 Å². The van der Waals surface area contributed by atoms with E-state index < -0.39 is 0 Å². The molecule has 2 atom stereocenters. The number of carbonyl (C=O) groups excluding carboxylic acids is 1. The molecule has 5 nitrogen and oxygen atoms in total. The Morgan fingerprint density at radius 1 is 1.14 bits per heavy atom. The second kappa shape index (κ2) is 11.2. The van der Waals surface area contributed by atoms with Crippen molar-refractivity contribution in [3.63, 3.8) is 0 Å². The molecule has 2 aromatic rings. The van der Waals surface area contributed by atoms with Crippen LogP contribution in [0.5, 0.6) is 5.75 Å². The van der Waals surface area contributed by atoms with Gasteiger partial charge >= 0.3 is 0 Å². The van der Waals surface area contributed by atoms with Crippen LogP contribution in [0.25, 0.3) is 0 Å². The molecule has 3 rings (SSSR count). The average Bonchev–Trinajstić information content (AvgIpc) is 3.24. The van der Waals surface area contributed by atoms with Crippen molar-refractivity contribution < 1.29 is 14.3 Å². The number of amides is 1. The van der Waals surface area contributed by atoms with Crippen molar-refractivity contribution >= 4 is 18.3 Å². The minimum absolute atomic E-state index is 0. The number of nitrogens with one attached hydrogen (secondary N) is 1. The Morgan fingerprint density at radius 3 is 2.38 bits per heavy atom. The molecule has 1 amide bonds. The van der Waals surface area contributed by atoms with E-state index in [2.05, 4.69) is 31.3 Å². The van der Waals surface area contributed by atoms with Crippen LogP contribution in [0, 0.1) is 0 Å². The number of carbonyl (C=O) groups is 1. The fourth-order valence-corrected chi connectivity index (χ4v) is 3.22. The summed E-state index contributed by atoms with van der Waals surface area (Å²) in [5.41, 5.74) is 9.11. The second-order valence-electron chi connectivity index (χ2n) is 7.61. The summed E-state index contributed by atoms with van der Waals surface area (Å²) >= 11 is 0. The normalized spacial score (nSPS) is 16.9. The molecule has 1 fully saturated rings. The van der Waals surface area contributed by atoms with Crippen LogP contribution in [0.1, 0.15) is 60.1 Å². The first kappa shape index (κ1) is 23.2. The molecule has 0 spiro atoms. The van der Waals surface area contributed by atoms with Gasteiger partial charge in [0.05, 0.1) is 6.10 Å². The SMILES string of the molecule is CC(C)c1ccc(C(N)CNC(=O)c2ccc(OCC3CCCO3)cc2)cc1.Cl. The first-order chi connectivity index (χ1) is 13.5. The molecule has 0 bridgehead atoms. The van der Waals surface area contributed by atoms with E-state index in [0.717, 1.165) is 30.8 Å². The van der Waals surface area contributed by atoms with E-state index in [1.54, 1.807) is 12.1 Å². The van der Waals surface area contributed by atoms with Gasteiger partial charge in [-0.3, -0.25) is 4.79 Å². The summed E-state index contributed by atoms with van der Waals surface area (Å²) in [6.45, 7) is 6.08. The predicted molar refractivity (Wildman–Crippen MR) is 118 cm³/mol. The lowest BCUT2D eigenvalue weighted by molar-refractivity contribution is 0.0679. The maximum atomic E-state index is 12.4. The lowest BCUT2D eigenvalue weighted by Crippen LogP contribution is -2.31. The number of nitrogens with two attached hydrogens (primary N) is 1. The molecule has 2 unspecified atom stereocenters. The van der Waals surface area contributed by atoms with Gasteiger partial charge in [-0.2, -0.15) is 0 Å². The summed E-state index contributed by atoms with van der Waals surface area (Å²) in [5.74, 6) is 1.09.